The van der Waals surface area contributed by atoms with Crippen LogP contribution in [0, 0.1) is 6.92 Å². The van der Waals surface area contributed by atoms with Gasteiger partial charge in [-0.05, 0) is 37.4 Å². The van der Waals surface area contributed by atoms with Crippen LogP contribution in [0.2, 0.25) is 5.02 Å². The third-order valence-corrected chi connectivity index (χ3v) is 4.26. The van der Waals surface area contributed by atoms with Gasteiger partial charge in [-0.25, -0.2) is 0 Å². The summed E-state index contributed by atoms with van der Waals surface area (Å²) in [5.41, 5.74) is 2.19. The molecule has 18 heavy (non-hydrogen) atoms. The van der Waals surface area contributed by atoms with Crippen molar-refractivity contribution in [2.24, 2.45) is 7.05 Å². The Bertz CT molecular complexity index is 518. The fourth-order valence-corrected chi connectivity index (χ4v) is 3.28. The molecule has 3 nitrogen and oxygen atoms in total. The molecule has 1 atom stereocenters. The second kappa shape index (κ2) is 5.87. The fourth-order valence-electron chi connectivity index (χ4n) is 2.03. The zero-order chi connectivity index (χ0) is 13.1. The second-order valence-corrected chi connectivity index (χ2v) is 5.71. The lowest BCUT2D eigenvalue weighted by Gasteiger charge is -2.18. The van der Waals surface area contributed by atoms with E-state index in [1.807, 2.05) is 30.1 Å². The summed E-state index contributed by atoms with van der Waals surface area (Å²) in [6.07, 6.45) is 1.09. The fraction of sp³-hybridized carbons (Fsp3) is 0.462. The molecule has 0 aliphatic heterocycles. The molecule has 0 amide bonds. The summed E-state index contributed by atoms with van der Waals surface area (Å²) >= 11 is 7.95. The highest BCUT2D eigenvalue weighted by atomic mass is 35.5. The van der Waals surface area contributed by atoms with Crippen LogP contribution < -0.4 is 5.32 Å². The number of rotatable bonds is 5. The Morgan fingerprint density at radius 1 is 1.56 bits per heavy atom. The quantitative estimate of drug-likeness (QED) is 0.910. The van der Waals surface area contributed by atoms with Crippen LogP contribution in [-0.4, -0.2) is 16.3 Å². The van der Waals surface area contributed by atoms with Crippen LogP contribution in [0.25, 0.3) is 0 Å². The molecule has 2 rings (SSSR count). The molecule has 0 saturated carbocycles. The van der Waals surface area contributed by atoms with Gasteiger partial charge in [0.25, 0.3) is 0 Å². The van der Waals surface area contributed by atoms with E-state index >= 15 is 0 Å². The van der Waals surface area contributed by atoms with E-state index < -0.39 is 0 Å². The first-order valence-corrected chi connectivity index (χ1v) is 7.36. The maximum atomic E-state index is 6.26. The number of aryl methyl sites for hydroxylation is 2. The Hall–Kier alpha value is -0.840. The van der Waals surface area contributed by atoms with Crippen LogP contribution in [0.15, 0.2) is 17.5 Å². The van der Waals surface area contributed by atoms with Crippen molar-refractivity contribution >= 4 is 22.9 Å². The molecule has 0 saturated heterocycles. The van der Waals surface area contributed by atoms with Crippen molar-refractivity contribution in [2.45, 2.75) is 26.3 Å². The van der Waals surface area contributed by atoms with Gasteiger partial charge in [0.15, 0.2) is 0 Å². The molecule has 0 aliphatic carbocycles. The Morgan fingerprint density at radius 3 is 2.83 bits per heavy atom. The number of hydrogen-bond acceptors (Lipinski definition) is 3. The molecular formula is C13H18ClN3S. The van der Waals surface area contributed by atoms with Crippen molar-refractivity contribution in [3.63, 3.8) is 0 Å². The maximum Gasteiger partial charge on any atom is 0.0856 e. The molecule has 0 aliphatic rings. The zero-order valence-corrected chi connectivity index (χ0v) is 12.5. The monoisotopic (exact) mass is 283 g/mol. The summed E-state index contributed by atoms with van der Waals surface area (Å²) < 4.78 is 1.93. The lowest BCUT2D eigenvalue weighted by atomic mass is 10.1. The number of nitrogens with zero attached hydrogens (tertiary/aromatic N) is 2. The Morgan fingerprint density at radius 2 is 2.33 bits per heavy atom. The van der Waals surface area contributed by atoms with Gasteiger partial charge in [0.05, 0.1) is 22.5 Å². The van der Waals surface area contributed by atoms with Gasteiger partial charge in [-0.15, -0.1) is 11.3 Å². The van der Waals surface area contributed by atoms with Crippen molar-refractivity contribution < 1.29 is 0 Å². The summed E-state index contributed by atoms with van der Waals surface area (Å²) in [5.74, 6) is 0. The lowest BCUT2D eigenvalue weighted by Crippen LogP contribution is -2.24. The molecule has 2 heterocycles. The zero-order valence-electron chi connectivity index (χ0n) is 10.9. The molecule has 1 unspecified atom stereocenters. The van der Waals surface area contributed by atoms with Crippen molar-refractivity contribution in [1.29, 1.82) is 0 Å². The van der Waals surface area contributed by atoms with E-state index in [1.54, 1.807) is 11.3 Å². The molecule has 5 heteroatoms. The number of halogens is 1. The highest BCUT2D eigenvalue weighted by Crippen LogP contribution is 2.32. The van der Waals surface area contributed by atoms with Crippen molar-refractivity contribution in [1.82, 2.24) is 15.1 Å². The molecule has 0 radical (unpaired) electrons. The minimum atomic E-state index is 0.128. The molecule has 98 valence electrons. The van der Waals surface area contributed by atoms with Crippen LogP contribution in [0.5, 0.6) is 0 Å². The molecule has 2 aromatic heterocycles. The topological polar surface area (TPSA) is 29.9 Å². The van der Waals surface area contributed by atoms with Crippen molar-refractivity contribution in [3.05, 3.63) is 38.8 Å². The predicted molar refractivity (Wildman–Crippen MR) is 77.4 cm³/mol. The summed E-state index contributed by atoms with van der Waals surface area (Å²) in [7, 11) is 1.98. The van der Waals surface area contributed by atoms with Gasteiger partial charge in [-0.2, -0.15) is 5.10 Å². The number of hydrogen-bond donors (Lipinski definition) is 1. The van der Waals surface area contributed by atoms with Gasteiger partial charge in [-0.1, -0.05) is 18.5 Å². The van der Waals surface area contributed by atoms with Gasteiger partial charge in [-0.3, -0.25) is 4.68 Å². The molecule has 1 N–H and O–H groups in total. The standard InChI is InChI=1S/C13H18ClN3S/c1-4-6-15-12(13-10(14)5-7-18-13)11-8-9(2)16-17(11)3/h5,7-8,12,15H,4,6H2,1-3H3. The average molecular weight is 284 g/mol. The minimum absolute atomic E-state index is 0.128. The number of aromatic nitrogens is 2. The first-order valence-electron chi connectivity index (χ1n) is 6.10. The third-order valence-electron chi connectivity index (χ3n) is 2.84. The highest BCUT2D eigenvalue weighted by molar-refractivity contribution is 7.10. The second-order valence-electron chi connectivity index (χ2n) is 4.35. The van der Waals surface area contributed by atoms with E-state index in [2.05, 4.69) is 23.4 Å². The molecule has 0 spiro atoms. The SMILES string of the molecule is CCCNC(c1sccc1Cl)c1cc(C)nn1C. The Kier molecular flexibility index (Phi) is 4.43. The highest BCUT2D eigenvalue weighted by Gasteiger charge is 2.21. The molecule has 2 aromatic rings. The van der Waals surface area contributed by atoms with Crippen LogP contribution in [0.4, 0.5) is 0 Å². The molecular weight excluding hydrogens is 266 g/mol. The number of nitrogens with one attached hydrogen (secondary N) is 1. The van der Waals surface area contributed by atoms with E-state index in [0.29, 0.717) is 0 Å². The van der Waals surface area contributed by atoms with Crippen molar-refractivity contribution in [3.8, 4) is 0 Å². The average Bonchev–Trinajstić information content (AvgIpc) is 2.87. The van der Waals surface area contributed by atoms with Gasteiger partial charge in [0.1, 0.15) is 0 Å². The Balaban J connectivity index is 2.37. The van der Waals surface area contributed by atoms with Gasteiger partial charge >= 0.3 is 0 Å². The first-order chi connectivity index (χ1) is 8.63. The first kappa shape index (κ1) is 13.6. The summed E-state index contributed by atoms with van der Waals surface area (Å²) in [5, 5.41) is 10.8. The molecule has 0 aromatic carbocycles. The molecule has 0 fully saturated rings. The molecule has 0 bridgehead atoms. The van der Waals surface area contributed by atoms with E-state index in [1.165, 1.54) is 0 Å². The lowest BCUT2D eigenvalue weighted by molar-refractivity contribution is 0.559. The predicted octanol–water partition coefficient (Wildman–Crippen LogP) is 3.53. The summed E-state index contributed by atoms with van der Waals surface area (Å²) in [4.78, 5) is 1.16. The van der Waals surface area contributed by atoms with Crippen LogP contribution in [-0.2, 0) is 7.05 Å². The van der Waals surface area contributed by atoms with E-state index in [0.717, 1.165) is 34.3 Å². The van der Waals surface area contributed by atoms with Gasteiger partial charge < -0.3 is 5.32 Å². The van der Waals surface area contributed by atoms with Crippen LogP contribution >= 0.6 is 22.9 Å². The summed E-state index contributed by atoms with van der Waals surface area (Å²) in [6, 6.07) is 4.19. The van der Waals surface area contributed by atoms with Crippen LogP contribution in [0.3, 0.4) is 0 Å². The van der Waals surface area contributed by atoms with E-state index in [-0.39, 0.29) is 6.04 Å². The maximum absolute atomic E-state index is 6.26. The number of thiophene rings is 1. The largest absolute Gasteiger partial charge is 0.304 e. The third kappa shape index (κ3) is 2.76. The normalized spacial score (nSPS) is 12.9. The van der Waals surface area contributed by atoms with E-state index in [4.69, 9.17) is 11.6 Å². The summed E-state index contributed by atoms with van der Waals surface area (Å²) in [6.45, 7) is 5.13. The van der Waals surface area contributed by atoms with Crippen LogP contribution in [0.1, 0.15) is 35.7 Å². The van der Waals surface area contributed by atoms with Gasteiger partial charge in [0, 0.05) is 11.9 Å². The Labute approximate surface area is 117 Å². The smallest absolute Gasteiger partial charge is 0.0856 e. The van der Waals surface area contributed by atoms with Gasteiger partial charge in [0.2, 0.25) is 0 Å². The minimum Gasteiger partial charge on any atom is -0.304 e. The van der Waals surface area contributed by atoms with Crippen molar-refractivity contribution in [2.75, 3.05) is 6.54 Å². The van der Waals surface area contributed by atoms with E-state index in [9.17, 15) is 0 Å².